The maximum absolute atomic E-state index is 13.9. The molecule has 0 amide bonds. The SMILES string of the molecule is Fc1cc(Cl)cc(F)c1N1CC[C@@]2(CO2)[C@@H](F)C1. The lowest BCUT2D eigenvalue weighted by molar-refractivity contribution is 0.137. The predicted molar refractivity (Wildman–Crippen MR) is 61.8 cm³/mol. The number of nitrogens with zero attached hydrogens (tertiary/aromatic N) is 1. The lowest BCUT2D eigenvalue weighted by Gasteiger charge is -2.34. The van der Waals surface area contributed by atoms with Gasteiger partial charge in [-0.15, -0.1) is 0 Å². The van der Waals surface area contributed by atoms with Gasteiger partial charge in [0.05, 0.1) is 13.2 Å². The summed E-state index contributed by atoms with van der Waals surface area (Å²) in [7, 11) is 0. The van der Waals surface area contributed by atoms with Crippen molar-refractivity contribution in [3.05, 3.63) is 28.8 Å². The van der Waals surface area contributed by atoms with Crippen LogP contribution >= 0.6 is 11.6 Å². The number of anilines is 1. The first-order valence-corrected chi connectivity index (χ1v) is 6.07. The van der Waals surface area contributed by atoms with Crippen molar-refractivity contribution in [2.24, 2.45) is 0 Å². The van der Waals surface area contributed by atoms with E-state index in [0.717, 1.165) is 12.1 Å². The van der Waals surface area contributed by atoms with Crippen LogP contribution in [0.15, 0.2) is 12.1 Å². The Hall–Kier alpha value is -0.940. The number of hydrogen-bond donors (Lipinski definition) is 0. The Morgan fingerprint density at radius 1 is 1.33 bits per heavy atom. The minimum absolute atomic E-state index is 0.00967. The molecular formula is C12H11ClF3NO. The Morgan fingerprint density at radius 3 is 2.44 bits per heavy atom. The zero-order valence-corrected chi connectivity index (χ0v) is 10.2. The van der Waals surface area contributed by atoms with E-state index in [1.54, 1.807) is 0 Å². The van der Waals surface area contributed by atoms with E-state index >= 15 is 0 Å². The van der Waals surface area contributed by atoms with Crippen molar-refractivity contribution < 1.29 is 17.9 Å². The van der Waals surface area contributed by atoms with Crippen molar-refractivity contribution in [3.8, 4) is 0 Å². The first-order valence-electron chi connectivity index (χ1n) is 5.69. The second-order valence-corrected chi connectivity index (χ2v) is 5.17. The van der Waals surface area contributed by atoms with Crippen molar-refractivity contribution in [1.82, 2.24) is 0 Å². The molecule has 2 saturated heterocycles. The highest BCUT2D eigenvalue weighted by Crippen LogP contribution is 2.41. The molecule has 2 nitrogen and oxygen atoms in total. The third-order valence-corrected chi connectivity index (χ3v) is 3.79. The van der Waals surface area contributed by atoms with Crippen molar-refractivity contribution in [1.29, 1.82) is 0 Å². The Morgan fingerprint density at radius 2 is 1.94 bits per heavy atom. The number of ether oxygens (including phenoxy) is 1. The van der Waals surface area contributed by atoms with Crippen LogP contribution in [0.3, 0.4) is 0 Å². The monoisotopic (exact) mass is 277 g/mol. The third-order valence-electron chi connectivity index (χ3n) is 3.57. The van der Waals surface area contributed by atoms with Gasteiger partial charge in [-0.2, -0.15) is 0 Å². The first-order chi connectivity index (χ1) is 8.52. The van der Waals surface area contributed by atoms with Gasteiger partial charge in [0.25, 0.3) is 0 Å². The van der Waals surface area contributed by atoms with Gasteiger partial charge in [-0.25, -0.2) is 13.2 Å². The second kappa shape index (κ2) is 4.03. The highest BCUT2D eigenvalue weighted by molar-refractivity contribution is 6.30. The average molecular weight is 278 g/mol. The van der Waals surface area contributed by atoms with Gasteiger partial charge in [-0.1, -0.05) is 11.6 Å². The predicted octanol–water partition coefficient (Wildman–Crippen LogP) is 2.94. The van der Waals surface area contributed by atoms with Crippen molar-refractivity contribution in [3.63, 3.8) is 0 Å². The van der Waals surface area contributed by atoms with Gasteiger partial charge in [-0.3, -0.25) is 0 Å². The molecule has 2 aliphatic rings. The third kappa shape index (κ3) is 1.86. The summed E-state index contributed by atoms with van der Waals surface area (Å²) in [5.74, 6) is -1.53. The molecule has 1 aromatic rings. The summed E-state index contributed by atoms with van der Waals surface area (Å²) in [4.78, 5) is 1.37. The largest absolute Gasteiger partial charge is 0.366 e. The molecule has 2 fully saturated rings. The molecule has 0 N–H and O–H groups in total. The summed E-state index contributed by atoms with van der Waals surface area (Å²) >= 11 is 5.55. The van der Waals surface area contributed by atoms with Crippen LogP contribution in [0.2, 0.25) is 5.02 Å². The standard InChI is InChI=1S/C12H11ClF3NO/c13-7-3-8(14)11(9(15)4-7)17-2-1-12(6-18-12)10(16)5-17/h3-4,10H,1-2,5-6H2/t10-,12+/m0/s1. The second-order valence-electron chi connectivity index (χ2n) is 4.74. The normalized spacial score (nSPS) is 30.9. The van der Waals surface area contributed by atoms with E-state index in [4.69, 9.17) is 16.3 Å². The van der Waals surface area contributed by atoms with Gasteiger partial charge >= 0.3 is 0 Å². The average Bonchev–Trinajstić information content (AvgIpc) is 3.03. The van der Waals surface area contributed by atoms with Crippen LogP contribution in [0.1, 0.15) is 6.42 Å². The maximum atomic E-state index is 13.9. The number of halogens is 4. The summed E-state index contributed by atoms with van der Waals surface area (Å²) in [5.41, 5.74) is -0.909. The topological polar surface area (TPSA) is 15.8 Å². The number of alkyl halides is 1. The zero-order valence-electron chi connectivity index (χ0n) is 9.43. The Balaban J connectivity index is 1.87. The van der Waals surface area contributed by atoms with E-state index in [2.05, 4.69) is 0 Å². The smallest absolute Gasteiger partial charge is 0.151 e. The van der Waals surface area contributed by atoms with Gasteiger partial charge in [0.15, 0.2) is 11.6 Å². The molecule has 2 atom stereocenters. The maximum Gasteiger partial charge on any atom is 0.151 e. The minimum Gasteiger partial charge on any atom is -0.366 e. The molecule has 2 aliphatic heterocycles. The lowest BCUT2D eigenvalue weighted by atomic mass is 9.95. The fraction of sp³-hybridized carbons (Fsp3) is 0.500. The van der Waals surface area contributed by atoms with E-state index in [1.165, 1.54) is 4.90 Å². The van der Waals surface area contributed by atoms with Crippen LogP contribution in [0.5, 0.6) is 0 Å². The number of benzene rings is 1. The summed E-state index contributed by atoms with van der Waals surface area (Å²) in [6, 6.07) is 2.07. The van der Waals surface area contributed by atoms with Crippen LogP contribution in [0.4, 0.5) is 18.9 Å². The molecule has 2 heterocycles. The van der Waals surface area contributed by atoms with Crippen LogP contribution in [-0.4, -0.2) is 31.5 Å². The molecule has 18 heavy (non-hydrogen) atoms. The van der Waals surface area contributed by atoms with Crippen LogP contribution in [0, 0.1) is 11.6 Å². The van der Waals surface area contributed by atoms with Gasteiger partial charge in [-0.05, 0) is 18.6 Å². The molecule has 1 aromatic carbocycles. The number of rotatable bonds is 1. The molecule has 0 radical (unpaired) electrons. The highest BCUT2D eigenvalue weighted by Gasteiger charge is 2.55. The minimum atomic E-state index is -1.22. The van der Waals surface area contributed by atoms with Crippen LogP contribution in [-0.2, 0) is 4.74 Å². The van der Waals surface area contributed by atoms with E-state index in [-0.39, 0.29) is 17.3 Å². The van der Waals surface area contributed by atoms with Gasteiger partial charge in [0, 0.05) is 11.6 Å². The molecule has 0 aliphatic carbocycles. The molecule has 0 unspecified atom stereocenters. The number of hydrogen-bond acceptors (Lipinski definition) is 2. The highest BCUT2D eigenvalue weighted by atomic mass is 35.5. The quantitative estimate of drug-likeness (QED) is 0.734. The van der Waals surface area contributed by atoms with Gasteiger partial charge in [0.2, 0.25) is 0 Å². The molecule has 0 aromatic heterocycles. The molecule has 3 rings (SSSR count). The summed E-state index contributed by atoms with van der Waals surface area (Å²) < 4.78 is 46.4. The van der Waals surface area contributed by atoms with E-state index in [9.17, 15) is 13.2 Å². The van der Waals surface area contributed by atoms with Crippen LogP contribution in [0.25, 0.3) is 0 Å². The van der Waals surface area contributed by atoms with Crippen molar-refractivity contribution in [2.45, 2.75) is 18.2 Å². The fourth-order valence-corrected chi connectivity index (χ4v) is 2.58. The molecule has 0 bridgehead atoms. The van der Waals surface area contributed by atoms with Gasteiger partial charge in [0.1, 0.15) is 17.5 Å². The lowest BCUT2D eigenvalue weighted by Crippen LogP contribution is -2.47. The molecule has 98 valence electrons. The number of epoxide rings is 1. The Kier molecular flexibility index (Phi) is 2.71. The van der Waals surface area contributed by atoms with Crippen molar-refractivity contribution in [2.75, 3.05) is 24.6 Å². The summed E-state index contributed by atoms with van der Waals surface area (Å²) in [6.45, 7) is 0.707. The molecule has 6 heteroatoms. The fourth-order valence-electron chi connectivity index (χ4n) is 2.39. The molecule has 1 spiro atoms. The Labute approximate surface area is 107 Å². The van der Waals surface area contributed by atoms with Gasteiger partial charge < -0.3 is 9.64 Å². The first kappa shape index (κ1) is 12.1. The van der Waals surface area contributed by atoms with Crippen LogP contribution < -0.4 is 4.90 Å². The Bertz CT molecular complexity index is 469. The molecular weight excluding hydrogens is 267 g/mol. The van der Waals surface area contributed by atoms with E-state index in [0.29, 0.717) is 19.6 Å². The summed E-state index contributed by atoms with van der Waals surface area (Å²) in [6.07, 6.45) is -0.781. The number of piperidine rings is 1. The van der Waals surface area contributed by atoms with Crippen molar-refractivity contribution >= 4 is 17.3 Å². The molecule has 0 saturated carbocycles. The van der Waals surface area contributed by atoms with E-state index in [1.807, 2.05) is 0 Å². The summed E-state index contributed by atoms with van der Waals surface area (Å²) in [5, 5.41) is -0.00967. The van der Waals surface area contributed by atoms with E-state index < -0.39 is 23.4 Å². The zero-order chi connectivity index (χ0) is 12.9.